The van der Waals surface area contributed by atoms with E-state index < -0.39 is 17.8 Å². The maximum atomic E-state index is 13.3. The Labute approximate surface area is 192 Å². The number of halogens is 3. The minimum atomic E-state index is -4.53. The van der Waals surface area contributed by atoms with Crippen LogP contribution in [-0.4, -0.2) is 14.3 Å². The quantitative estimate of drug-likeness (QED) is 0.440. The van der Waals surface area contributed by atoms with Gasteiger partial charge in [-0.3, -0.25) is 9.59 Å². The average molecular weight is 469 g/mol. The second-order valence-electron chi connectivity index (χ2n) is 8.16. The van der Waals surface area contributed by atoms with E-state index in [0.29, 0.717) is 22.2 Å². The van der Waals surface area contributed by atoms with Gasteiger partial charge in [-0.05, 0) is 60.0 Å². The van der Waals surface area contributed by atoms with Crippen molar-refractivity contribution in [1.82, 2.24) is 14.3 Å². The van der Waals surface area contributed by atoms with Crippen LogP contribution in [0.4, 0.5) is 24.7 Å². The minimum absolute atomic E-state index is 0.00581. The third-order valence-electron chi connectivity index (χ3n) is 5.63. The van der Waals surface area contributed by atoms with E-state index in [2.05, 4.69) is 10.4 Å². The number of nitrogen functional groups attached to an aromatic ring is 1. The number of fused-ring (bicyclic) bond motifs is 1. The molecule has 0 saturated carbocycles. The zero-order chi connectivity index (χ0) is 24.8. The molecule has 0 spiro atoms. The maximum Gasteiger partial charge on any atom is 0.416 e. The number of nitrogens with zero attached hydrogens (tertiary/aromatic N) is 3. The Bertz CT molecular complexity index is 1520. The maximum absolute atomic E-state index is 13.3. The molecule has 2 heterocycles. The number of nitrogens with two attached hydrogens (primary N) is 1. The standard InChI is InChI=1S/C24H22F3N5O2/c1-13(16-8-17(24(25,26)27)11-18(28)9-16)29-22-20-10-14(15-5-7-21(33)31(2)12-15)4-6-19(20)23(34)32(3)30-22/h4-13H,28H2,1-3H3,(H,29,30)/t13-/m1/s1. The van der Waals surface area contributed by atoms with E-state index in [1.54, 1.807) is 44.4 Å². The minimum Gasteiger partial charge on any atom is -0.399 e. The molecular weight excluding hydrogens is 447 g/mol. The molecule has 2 aromatic heterocycles. The van der Waals surface area contributed by atoms with Crippen molar-refractivity contribution in [3.05, 3.63) is 86.6 Å². The molecule has 0 aliphatic rings. The molecular formula is C24H22F3N5O2. The molecule has 0 radical (unpaired) electrons. The zero-order valence-electron chi connectivity index (χ0n) is 18.6. The SMILES string of the molecule is C[C@@H](Nc1nn(C)c(=O)c2ccc(-c3ccc(=O)n(C)c3)cc12)c1cc(N)cc(C(F)(F)F)c1. The van der Waals surface area contributed by atoms with Crippen LogP contribution in [0.25, 0.3) is 21.9 Å². The first-order valence-corrected chi connectivity index (χ1v) is 10.4. The van der Waals surface area contributed by atoms with Gasteiger partial charge < -0.3 is 15.6 Å². The van der Waals surface area contributed by atoms with Crippen molar-refractivity contribution < 1.29 is 13.2 Å². The van der Waals surface area contributed by atoms with Crippen molar-refractivity contribution >= 4 is 22.3 Å². The summed E-state index contributed by atoms with van der Waals surface area (Å²) in [6, 6.07) is 11.1. The van der Waals surface area contributed by atoms with Gasteiger partial charge in [0.2, 0.25) is 5.56 Å². The lowest BCUT2D eigenvalue weighted by atomic mass is 10.0. The molecule has 0 aliphatic carbocycles. The van der Waals surface area contributed by atoms with Crippen LogP contribution in [0.2, 0.25) is 0 Å². The Balaban J connectivity index is 1.81. The van der Waals surface area contributed by atoms with E-state index in [0.717, 1.165) is 23.3 Å². The molecule has 0 fully saturated rings. The van der Waals surface area contributed by atoms with Gasteiger partial charge in [0.25, 0.3) is 5.56 Å². The van der Waals surface area contributed by atoms with Crippen molar-refractivity contribution in [2.24, 2.45) is 14.1 Å². The van der Waals surface area contributed by atoms with Crippen LogP contribution in [0.5, 0.6) is 0 Å². The monoisotopic (exact) mass is 469 g/mol. The van der Waals surface area contributed by atoms with E-state index in [-0.39, 0.29) is 16.8 Å². The summed E-state index contributed by atoms with van der Waals surface area (Å²) in [5.74, 6) is 0.326. The average Bonchev–Trinajstić information content (AvgIpc) is 2.77. The molecule has 0 aliphatic heterocycles. The Morgan fingerprint density at radius 1 is 0.971 bits per heavy atom. The van der Waals surface area contributed by atoms with Crippen molar-refractivity contribution in [1.29, 1.82) is 0 Å². The Hall–Kier alpha value is -4.08. The summed E-state index contributed by atoms with van der Waals surface area (Å²) < 4.78 is 42.4. The molecule has 0 saturated heterocycles. The van der Waals surface area contributed by atoms with Crippen molar-refractivity contribution in [2.75, 3.05) is 11.1 Å². The lowest BCUT2D eigenvalue weighted by Crippen LogP contribution is -2.22. The third kappa shape index (κ3) is 4.39. The van der Waals surface area contributed by atoms with Gasteiger partial charge in [-0.1, -0.05) is 6.07 Å². The molecule has 4 rings (SSSR count). The number of alkyl halides is 3. The molecule has 1 atom stereocenters. The van der Waals surface area contributed by atoms with Gasteiger partial charge >= 0.3 is 6.18 Å². The molecule has 176 valence electrons. The molecule has 0 amide bonds. The second-order valence-corrected chi connectivity index (χ2v) is 8.16. The van der Waals surface area contributed by atoms with Crippen molar-refractivity contribution in [3.63, 3.8) is 0 Å². The van der Waals surface area contributed by atoms with Gasteiger partial charge in [-0.15, -0.1) is 0 Å². The summed E-state index contributed by atoms with van der Waals surface area (Å²) >= 11 is 0. The van der Waals surface area contributed by atoms with Crippen LogP contribution < -0.4 is 22.2 Å². The van der Waals surface area contributed by atoms with Crippen LogP contribution in [0.1, 0.15) is 24.1 Å². The predicted molar refractivity (Wildman–Crippen MR) is 126 cm³/mol. The largest absolute Gasteiger partial charge is 0.416 e. The van der Waals surface area contributed by atoms with Crippen LogP contribution in [0.3, 0.4) is 0 Å². The first kappa shape index (κ1) is 23.1. The smallest absolute Gasteiger partial charge is 0.399 e. The number of aromatic nitrogens is 3. The van der Waals surface area contributed by atoms with Crippen LogP contribution in [0.15, 0.2) is 64.3 Å². The highest BCUT2D eigenvalue weighted by molar-refractivity contribution is 5.94. The summed E-state index contributed by atoms with van der Waals surface area (Å²) in [7, 11) is 3.14. The van der Waals surface area contributed by atoms with E-state index in [1.807, 2.05) is 0 Å². The molecule has 10 heteroatoms. The van der Waals surface area contributed by atoms with Crippen LogP contribution >= 0.6 is 0 Å². The molecule has 7 nitrogen and oxygen atoms in total. The molecule has 0 unspecified atom stereocenters. The number of hydrogen-bond acceptors (Lipinski definition) is 5. The number of pyridine rings is 1. The second kappa shape index (κ2) is 8.36. The normalized spacial score (nSPS) is 12.6. The van der Waals surface area contributed by atoms with Gasteiger partial charge in [0, 0.05) is 37.4 Å². The summed E-state index contributed by atoms with van der Waals surface area (Å²) in [6.45, 7) is 1.68. The van der Waals surface area contributed by atoms with Crippen LogP contribution in [0, 0.1) is 0 Å². The zero-order valence-corrected chi connectivity index (χ0v) is 18.6. The predicted octanol–water partition coefficient (Wildman–Crippen LogP) is 4.07. The number of benzene rings is 2. The molecule has 34 heavy (non-hydrogen) atoms. The number of hydrogen-bond donors (Lipinski definition) is 2. The first-order valence-electron chi connectivity index (χ1n) is 10.4. The number of aryl methyl sites for hydroxylation is 2. The van der Waals surface area contributed by atoms with Gasteiger partial charge in [-0.25, -0.2) is 4.68 Å². The van der Waals surface area contributed by atoms with E-state index >= 15 is 0 Å². The third-order valence-corrected chi connectivity index (χ3v) is 5.63. The van der Waals surface area contributed by atoms with Crippen molar-refractivity contribution in [3.8, 4) is 11.1 Å². The Morgan fingerprint density at radius 3 is 2.35 bits per heavy atom. The highest BCUT2D eigenvalue weighted by Crippen LogP contribution is 2.34. The van der Waals surface area contributed by atoms with E-state index in [9.17, 15) is 22.8 Å². The molecule has 2 aromatic carbocycles. The lowest BCUT2D eigenvalue weighted by molar-refractivity contribution is -0.137. The highest BCUT2D eigenvalue weighted by Gasteiger charge is 2.31. The number of rotatable bonds is 4. The van der Waals surface area contributed by atoms with Gasteiger partial charge in [0.15, 0.2) is 5.82 Å². The van der Waals surface area contributed by atoms with Gasteiger partial charge in [0.05, 0.1) is 17.0 Å². The fourth-order valence-electron chi connectivity index (χ4n) is 3.78. The highest BCUT2D eigenvalue weighted by atomic mass is 19.4. The number of nitrogens with one attached hydrogen (secondary N) is 1. The van der Waals surface area contributed by atoms with Gasteiger partial charge in [0.1, 0.15) is 0 Å². The van der Waals surface area contributed by atoms with Gasteiger partial charge in [-0.2, -0.15) is 18.3 Å². The summed E-state index contributed by atoms with van der Waals surface area (Å²) in [5, 5.41) is 8.33. The number of anilines is 2. The fourth-order valence-corrected chi connectivity index (χ4v) is 3.78. The van der Waals surface area contributed by atoms with E-state index in [1.165, 1.54) is 28.4 Å². The molecule has 0 bridgehead atoms. The fraction of sp³-hybridized carbons (Fsp3) is 0.208. The summed E-state index contributed by atoms with van der Waals surface area (Å²) in [4.78, 5) is 24.4. The van der Waals surface area contributed by atoms with E-state index in [4.69, 9.17) is 5.73 Å². The molecule has 3 N–H and O–H groups in total. The summed E-state index contributed by atoms with van der Waals surface area (Å²) in [5.41, 5.74) is 6.23. The topological polar surface area (TPSA) is 94.9 Å². The molecule has 4 aromatic rings. The summed E-state index contributed by atoms with van der Waals surface area (Å²) in [6.07, 6.45) is -2.85. The van der Waals surface area contributed by atoms with Crippen molar-refractivity contribution in [2.45, 2.75) is 19.1 Å². The Kier molecular flexibility index (Phi) is 5.68. The van der Waals surface area contributed by atoms with Crippen LogP contribution in [-0.2, 0) is 20.3 Å². The Morgan fingerprint density at radius 2 is 1.68 bits per heavy atom. The lowest BCUT2D eigenvalue weighted by Gasteiger charge is -2.19. The first-order chi connectivity index (χ1) is 15.9.